The lowest BCUT2D eigenvalue weighted by Gasteiger charge is -2.04. The number of esters is 1. The van der Waals surface area contributed by atoms with E-state index in [1.54, 1.807) is 6.92 Å². The van der Waals surface area contributed by atoms with Crippen LogP contribution in [-0.2, 0) is 10.9 Å². The van der Waals surface area contributed by atoms with E-state index in [0.29, 0.717) is 5.52 Å². The molecule has 2 aromatic rings. The predicted octanol–water partition coefficient (Wildman–Crippen LogP) is 2.76. The smallest absolute Gasteiger partial charge is 0.433 e. The normalized spacial score (nSPS) is 11.8. The molecule has 7 heteroatoms. The molecule has 4 nitrogen and oxygen atoms in total. The van der Waals surface area contributed by atoms with Gasteiger partial charge in [0.25, 0.3) is 0 Å². The summed E-state index contributed by atoms with van der Waals surface area (Å²) in [6, 6.07) is 3.32. The summed E-state index contributed by atoms with van der Waals surface area (Å²) in [6.07, 6.45) is -4.50. The number of hydrogen-bond acceptors (Lipinski definition) is 3. The highest BCUT2D eigenvalue weighted by molar-refractivity contribution is 5.93. The number of fused-ring (bicyclic) bond motifs is 1. The summed E-state index contributed by atoms with van der Waals surface area (Å²) in [5.74, 6) is -0.621. The van der Waals surface area contributed by atoms with Gasteiger partial charge in [-0.1, -0.05) is 0 Å². The average molecular weight is 258 g/mol. The maximum Gasteiger partial charge on any atom is 0.433 e. The highest BCUT2D eigenvalue weighted by atomic mass is 19.4. The number of carbonyl (C=O) groups excluding carboxylic acids is 1. The molecule has 0 aromatic carbocycles. The van der Waals surface area contributed by atoms with Crippen molar-refractivity contribution >= 4 is 17.0 Å². The van der Waals surface area contributed by atoms with Crippen molar-refractivity contribution in [3.8, 4) is 0 Å². The largest absolute Gasteiger partial charge is 0.461 e. The van der Waals surface area contributed by atoms with Gasteiger partial charge >= 0.3 is 12.1 Å². The molecule has 0 aliphatic heterocycles. The fourth-order valence-corrected chi connectivity index (χ4v) is 1.49. The monoisotopic (exact) mass is 258 g/mol. The number of carbonyl (C=O) groups is 1. The fourth-order valence-electron chi connectivity index (χ4n) is 1.49. The molecule has 0 spiro atoms. The topological polar surface area (TPSA) is 55.0 Å². The van der Waals surface area contributed by atoms with Crippen LogP contribution in [0.1, 0.15) is 23.1 Å². The molecular weight excluding hydrogens is 249 g/mol. The van der Waals surface area contributed by atoms with E-state index in [1.807, 2.05) is 0 Å². The number of halogens is 3. The number of H-pyrrole nitrogens is 1. The van der Waals surface area contributed by atoms with Gasteiger partial charge in [0.15, 0.2) is 0 Å². The highest BCUT2D eigenvalue weighted by Gasteiger charge is 2.32. The third kappa shape index (κ3) is 2.29. The lowest BCUT2D eigenvalue weighted by molar-refractivity contribution is -0.140. The quantitative estimate of drug-likeness (QED) is 0.842. The first kappa shape index (κ1) is 12.4. The van der Waals surface area contributed by atoms with E-state index in [2.05, 4.69) is 9.97 Å². The van der Waals surface area contributed by atoms with E-state index in [9.17, 15) is 18.0 Å². The number of alkyl halides is 3. The van der Waals surface area contributed by atoms with Crippen molar-refractivity contribution in [1.29, 1.82) is 0 Å². The second-order valence-electron chi connectivity index (χ2n) is 3.53. The molecule has 0 unspecified atom stereocenters. The summed E-state index contributed by atoms with van der Waals surface area (Å²) >= 11 is 0. The average Bonchev–Trinajstić information content (AvgIpc) is 2.70. The Morgan fingerprint density at radius 3 is 2.78 bits per heavy atom. The molecular formula is C11H9F3N2O2. The Balaban J connectivity index is 2.43. The predicted molar refractivity (Wildman–Crippen MR) is 57.1 cm³/mol. The van der Waals surface area contributed by atoms with Crippen LogP contribution in [0.4, 0.5) is 13.2 Å². The number of rotatable bonds is 2. The first-order chi connectivity index (χ1) is 8.41. The molecule has 0 atom stereocenters. The minimum Gasteiger partial charge on any atom is -0.461 e. The van der Waals surface area contributed by atoms with E-state index >= 15 is 0 Å². The number of ether oxygens (including phenoxy) is 1. The van der Waals surface area contributed by atoms with E-state index < -0.39 is 17.8 Å². The first-order valence-electron chi connectivity index (χ1n) is 5.16. The molecule has 0 bridgehead atoms. The summed E-state index contributed by atoms with van der Waals surface area (Å²) in [5, 5.41) is 0. The number of nitrogens with one attached hydrogen (secondary N) is 1. The van der Waals surface area contributed by atoms with Crippen molar-refractivity contribution in [3.63, 3.8) is 0 Å². The number of nitrogens with zero attached hydrogens (tertiary/aromatic N) is 1. The molecule has 2 rings (SSSR count). The highest BCUT2D eigenvalue weighted by Crippen LogP contribution is 2.29. The fraction of sp³-hybridized carbons (Fsp3) is 0.273. The number of hydrogen-bond donors (Lipinski definition) is 1. The molecule has 0 amide bonds. The van der Waals surface area contributed by atoms with E-state index in [-0.39, 0.29) is 17.8 Å². The van der Waals surface area contributed by atoms with Crippen LogP contribution in [0, 0.1) is 0 Å². The van der Waals surface area contributed by atoms with Gasteiger partial charge in [-0.3, -0.25) is 0 Å². The zero-order chi connectivity index (χ0) is 13.3. The van der Waals surface area contributed by atoms with Crippen LogP contribution in [0.2, 0.25) is 0 Å². The van der Waals surface area contributed by atoms with Crippen molar-refractivity contribution in [1.82, 2.24) is 9.97 Å². The van der Waals surface area contributed by atoms with Gasteiger partial charge in [-0.15, -0.1) is 0 Å². The number of pyridine rings is 1. The standard InChI is InChI=1S/C11H9F3N2O2/c1-2-18-10(17)8-5-7-6(15-8)3-4-9(16-7)11(12,13)14/h3-5,15H,2H2,1H3. The summed E-state index contributed by atoms with van der Waals surface area (Å²) in [5.41, 5.74) is -0.484. The Kier molecular flexibility index (Phi) is 2.98. The maximum atomic E-state index is 12.4. The second-order valence-corrected chi connectivity index (χ2v) is 3.53. The van der Waals surface area contributed by atoms with E-state index in [0.717, 1.165) is 6.07 Å². The second kappa shape index (κ2) is 4.32. The minimum absolute atomic E-state index is 0.0767. The molecule has 96 valence electrons. The van der Waals surface area contributed by atoms with Gasteiger partial charge in [-0.25, -0.2) is 9.78 Å². The SMILES string of the molecule is CCOC(=O)c1cc2nc(C(F)(F)F)ccc2[nH]1. The van der Waals surface area contributed by atoms with Crippen LogP contribution in [-0.4, -0.2) is 22.5 Å². The van der Waals surface area contributed by atoms with Gasteiger partial charge in [0.05, 0.1) is 17.6 Å². The van der Waals surface area contributed by atoms with Crippen molar-refractivity contribution in [3.05, 3.63) is 29.6 Å². The van der Waals surface area contributed by atoms with Gasteiger partial charge in [-0.2, -0.15) is 13.2 Å². The van der Waals surface area contributed by atoms with Crippen molar-refractivity contribution in [2.24, 2.45) is 0 Å². The van der Waals surface area contributed by atoms with Crippen LogP contribution in [0.5, 0.6) is 0 Å². The van der Waals surface area contributed by atoms with E-state index in [4.69, 9.17) is 4.74 Å². The molecule has 18 heavy (non-hydrogen) atoms. The van der Waals surface area contributed by atoms with Crippen molar-refractivity contribution < 1.29 is 22.7 Å². The summed E-state index contributed by atoms with van der Waals surface area (Å²) in [6.45, 7) is 1.83. The van der Waals surface area contributed by atoms with Crippen molar-refractivity contribution in [2.45, 2.75) is 13.1 Å². The van der Waals surface area contributed by atoms with Crippen LogP contribution < -0.4 is 0 Å². The first-order valence-corrected chi connectivity index (χ1v) is 5.16. The molecule has 0 radical (unpaired) electrons. The molecule has 1 N–H and O–H groups in total. The molecule has 0 saturated carbocycles. The van der Waals surface area contributed by atoms with Crippen molar-refractivity contribution in [2.75, 3.05) is 6.61 Å². The Hall–Kier alpha value is -2.05. The molecule has 2 heterocycles. The Labute approximate surface area is 99.8 Å². The van der Waals surface area contributed by atoms with Gasteiger partial charge in [0, 0.05) is 0 Å². The summed E-state index contributed by atoms with van der Waals surface area (Å²) < 4.78 is 42.0. The van der Waals surface area contributed by atoms with Gasteiger partial charge in [0.1, 0.15) is 11.4 Å². The van der Waals surface area contributed by atoms with Gasteiger partial charge in [-0.05, 0) is 25.1 Å². The molecule has 0 aliphatic carbocycles. The third-order valence-electron chi connectivity index (χ3n) is 2.26. The lowest BCUT2D eigenvalue weighted by Crippen LogP contribution is -2.07. The summed E-state index contributed by atoms with van der Waals surface area (Å²) in [4.78, 5) is 17.5. The van der Waals surface area contributed by atoms with Crippen LogP contribution >= 0.6 is 0 Å². The van der Waals surface area contributed by atoms with Gasteiger partial charge in [0.2, 0.25) is 0 Å². The minimum atomic E-state index is -4.50. The molecule has 2 aromatic heterocycles. The maximum absolute atomic E-state index is 12.4. The Morgan fingerprint density at radius 2 is 2.17 bits per heavy atom. The van der Waals surface area contributed by atoms with E-state index in [1.165, 1.54) is 12.1 Å². The lowest BCUT2D eigenvalue weighted by atomic mass is 10.3. The zero-order valence-corrected chi connectivity index (χ0v) is 9.34. The molecule has 0 saturated heterocycles. The third-order valence-corrected chi connectivity index (χ3v) is 2.26. The number of aromatic nitrogens is 2. The van der Waals surface area contributed by atoms with Gasteiger partial charge < -0.3 is 9.72 Å². The molecule has 0 aliphatic rings. The Morgan fingerprint density at radius 1 is 1.44 bits per heavy atom. The molecule has 0 fully saturated rings. The summed E-state index contributed by atoms with van der Waals surface area (Å²) in [7, 11) is 0. The Bertz CT molecular complexity index is 589. The van der Waals surface area contributed by atoms with Crippen LogP contribution in [0.3, 0.4) is 0 Å². The van der Waals surface area contributed by atoms with Crippen LogP contribution in [0.15, 0.2) is 18.2 Å². The number of aromatic amines is 1. The van der Waals surface area contributed by atoms with Crippen LogP contribution in [0.25, 0.3) is 11.0 Å². The zero-order valence-electron chi connectivity index (χ0n) is 9.34.